The van der Waals surface area contributed by atoms with Crippen LogP contribution < -0.4 is 0 Å². The van der Waals surface area contributed by atoms with Gasteiger partial charge in [-0.25, -0.2) is 9.97 Å². The van der Waals surface area contributed by atoms with Gasteiger partial charge >= 0.3 is 0 Å². The van der Waals surface area contributed by atoms with Gasteiger partial charge in [-0.2, -0.15) is 0 Å². The van der Waals surface area contributed by atoms with Crippen LogP contribution in [-0.2, 0) is 37.9 Å². The summed E-state index contributed by atoms with van der Waals surface area (Å²) in [4.78, 5) is 9.55. The fourth-order valence-corrected chi connectivity index (χ4v) is 7.02. The zero-order chi connectivity index (χ0) is 28.8. The topological polar surface area (TPSA) is 82.9 Å². The van der Waals surface area contributed by atoms with E-state index >= 15 is 0 Å². The van der Waals surface area contributed by atoms with E-state index in [9.17, 15) is 5.11 Å². The van der Waals surface area contributed by atoms with E-state index in [1.807, 2.05) is 72.3 Å². The molecule has 42 heavy (non-hydrogen) atoms. The molecule has 4 atom stereocenters. The lowest BCUT2D eigenvalue weighted by Gasteiger charge is -2.30. The Morgan fingerprint density at radius 2 is 1.74 bits per heavy atom. The Morgan fingerprint density at radius 3 is 2.45 bits per heavy atom. The van der Waals surface area contributed by atoms with Crippen LogP contribution in [0.4, 0.5) is 0 Å². The van der Waals surface area contributed by atoms with Crippen molar-refractivity contribution in [1.29, 1.82) is 0 Å². The Bertz CT molecular complexity index is 1530. The van der Waals surface area contributed by atoms with Crippen LogP contribution in [0.25, 0.3) is 10.9 Å². The Balaban J connectivity index is 1.33. The summed E-state index contributed by atoms with van der Waals surface area (Å²) in [7, 11) is 0. The first-order chi connectivity index (χ1) is 20.7. The minimum Gasteiger partial charge on any atom is -0.374 e. The second-order valence-electron chi connectivity index (χ2n) is 10.3. The molecule has 2 aliphatic rings. The Kier molecular flexibility index (Phi) is 9.46. The van der Waals surface area contributed by atoms with Gasteiger partial charge in [0.1, 0.15) is 29.7 Å². The predicted octanol–water partition coefficient (Wildman–Crippen LogP) is 6.42. The molecule has 1 saturated heterocycles. The number of aromatic nitrogens is 2. The molecule has 1 aliphatic heterocycles. The summed E-state index contributed by atoms with van der Waals surface area (Å²) in [5, 5.41) is 16.2. The molecule has 0 spiro atoms. The van der Waals surface area contributed by atoms with Gasteiger partial charge in [-0.3, -0.25) is 0 Å². The maximum absolute atomic E-state index is 12.5. The SMILES string of the molecule is CSc1ncnc2c(C3(O)OC(COCc4ccccc4)C(OCc4ccccc4)C3OCC3=CCCC=C3)scc12. The summed E-state index contributed by atoms with van der Waals surface area (Å²) in [6.45, 7) is 1.30. The molecule has 7 nitrogen and oxygen atoms in total. The number of nitrogens with zero attached hydrogens (tertiary/aromatic N) is 2. The maximum Gasteiger partial charge on any atom is 0.234 e. The molecule has 1 N–H and O–H groups in total. The molecule has 0 radical (unpaired) electrons. The molecule has 0 bridgehead atoms. The Morgan fingerprint density at radius 1 is 0.976 bits per heavy atom. The summed E-state index contributed by atoms with van der Waals surface area (Å²) in [5.74, 6) is -1.81. The molecule has 0 saturated carbocycles. The number of fused-ring (bicyclic) bond motifs is 1. The molecular formula is C33H34N2O5S2. The zero-order valence-corrected chi connectivity index (χ0v) is 25.1. The van der Waals surface area contributed by atoms with Gasteiger partial charge in [0.15, 0.2) is 0 Å². The maximum atomic E-state index is 12.5. The highest BCUT2D eigenvalue weighted by molar-refractivity contribution is 7.98. The number of hydrogen-bond donors (Lipinski definition) is 1. The van der Waals surface area contributed by atoms with Crippen molar-refractivity contribution in [2.45, 2.75) is 55.2 Å². The van der Waals surface area contributed by atoms with E-state index in [4.69, 9.17) is 18.9 Å². The molecule has 9 heteroatoms. The van der Waals surface area contributed by atoms with E-state index in [2.05, 4.69) is 28.2 Å². The van der Waals surface area contributed by atoms with Crippen molar-refractivity contribution in [3.8, 4) is 0 Å². The standard InChI is InChI=1S/C33H34N2O5S2/c1-41-32-26-21-42-31(28(26)34-22-35-32)33(36)30(39-19-25-15-9-4-10-16-25)29(38-18-24-13-7-3-8-14-24)27(40-33)20-37-17-23-11-5-2-6-12-23/h2-3,5-9,11-16,21-22,27,29-30,36H,4,10,17-20H2,1H3. The van der Waals surface area contributed by atoms with Gasteiger partial charge in [-0.05, 0) is 35.8 Å². The summed E-state index contributed by atoms with van der Waals surface area (Å²) in [6.07, 6.45) is 9.84. The van der Waals surface area contributed by atoms with E-state index < -0.39 is 24.1 Å². The van der Waals surface area contributed by atoms with Crippen molar-refractivity contribution >= 4 is 34.0 Å². The van der Waals surface area contributed by atoms with Gasteiger partial charge in [0.05, 0.1) is 36.8 Å². The van der Waals surface area contributed by atoms with Crippen LogP contribution in [-0.4, -0.2) is 52.9 Å². The molecule has 2 aromatic heterocycles. The molecule has 1 fully saturated rings. The Hall–Kier alpha value is -2.89. The summed E-state index contributed by atoms with van der Waals surface area (Å²) >= 11 is 2.94. The first-order valence-corrected chi connectivity index (χ1v) is 16.2. The molecule has 4 unspecified atom stereocenters. The van der Waals surface area contributed by atoms with Gasteiger partial charge in [0.2, 0.25) is 5.79 Å². The first kappa shape index (κ1) is 29.2. The number of aliphatic hydroxyl groups is 1. The molecular weight excluding hydrogens is 569 g/mol. The van der Waals surface area contributed by atoms with E-state index in [1.165, 1.54) is 17.7 Å². The fraction of sp³-hybridized carbons (Fsp3) is 0.333. The molecule has 3 heterocycles. The quantitative estimate of drug-likeness (QED) is 0.147. The van der Waals surface area contributed by atoms with Crippen molar-refractivity contribution in [1.82, 2.24) is 9.97 Å². The van der Waals surface area contributed by atoms with E-state index in [0.717, 1.165) is 40.0 Å². The van der Waals surface area contributed by atoms with Crippen molar-refractivity contribution in [3.05, 3.63) is 112 Å². The third-order valence-electron chi connectivity index (χ3n) is 7.44. The molecule has 4 aromatic rings. The van der Waals surface area contributed by atoms with Gasteiger partial charge in [0.25, 0.3) is 0 Å². The summed E-state index contributed by atoms with van der Waals surface area (Å²) in [5.41, 5.74) is 3.80. The van der Waals surface area contributed by atoms with Gasteiger partial charge < -0.3 is 24.1 Å². The number of ether oxygens (including phenoxy) is 4. The van der Waals surface area contributed by atoms with Crippen LogP contribution in [0.1, 0.15) is 28.8 Å². The van der Waals surface area contributed by atoms with Crippen molar-refractivity contribution in [2.75, 3.05) is 19.5 Å². The van der Waals surface area contributed by atoms with Crippen molar-refractivity contribution < 1.29 is 24.1 Å². The monoisotopic (exact) mass is 602 g/mol. The predicted molar refractivity (Wildman–Crippen MR) is 165 cm³/mol. The van der Waals surface area contributed by atoms with Crippen LogP contribution in [0.3, 0.4) is 0 Å². The minimum atomic E-state index is -1.81. The van der Waals surface area contributed by atoms with Gasteiger partial charge in [-0.1, -0.05) is 78.9 Å². The van der Waals surface area contributed by atoms with Crippen LogP contribution in [0.15, 0.2) is 101 Å². The molecule has 218 valence electrons. The van der Waals surface area contributed by atoms with E-state index in [0.29, 0.717) is 30.2 Å². The third kappa shape index (κ3) is 6.38. The van der Waals surface area contributed by atoms with Crippen LogP contribution in [0.2, 0.25) is 0 Å². The second-order valence-corrected chi connectivity index (χ2v) is 12.0. The number of thioether (sulfide) groups is 1. The second kappa shape index (κ2) is 13.6. The highest BCUT2D eigenvalue weighted by Gasteiger charge is 2.58. The highest BCUT2D eigenvalue weighted by Crippen LogP contribution is 2.47. The lowest BCUT2D eigenvalue weighted by Crippen LogP contribution is -2.44. The average molecular weight is 603 g/mol. The highest BCUT2D eigenvalue weighted by atomic mass is 32.2. The van der Waals surface area contributed by atoms with E-state index in [-0.39, 0.29) is 6.61 Å². The molecule has 2 aromatic carbocycles. The fourth-order valence-electron chi connectivity index (χ4n) is 5.35. The van der Waals surface area contributed by atoms with Gasteiger partial charge in [-0.15, -0.1) is 23.1 Å². The summed E-state index contributed by atoms with van der Waals surface area (Å²) < 4.78 is 25.8. The Labute approximate surface area is 254 Å². The van der Waals surface area contributed by atoms with Gasteiger partial charge in [0, 0.05) is 10.8 Å². The number of allylic oxidation sites excluding steroid dienone is 2. The van der Waals surface area contributed by atoms with Crippen LogP contribution >= 0.6 is 23.1 Å². The summed E-state index contributed by atoms with van der Waals surface area (Å²) in [6, 6.07) is 20.0. The van der Waals surface area contributed by atoms with Crippen molar-refractivity contribution in [3.63, 3.8) is 0 Å². The molecule has 0 amide bonds. The lowest BCUT2D eigenvalue weighted by molar-refractivity contribution is -0.246. The smallest absolute Gasteiger partial charge is 0.234 e. The number of benzene rings is 2. The van der Waals surface area contributed by atoms with E-state index in [1.54, 1.807) is 11.8 Å². The number of thiophene rings is 1. The molecule has 1 aliphatic carbocycles. The lowest BCUT2D eigenvalue weighted by atomic mass is 10.0. The average Bonchev–Trinajstić information content (AvgIpc) is 3.60. The minimum absolute atomic E-state index is 0.216. The van der Waals surface area contributed by atoms with Crippen LogP contribution in [0, 0.1) is 0 Å². The largest absolute Gasteiger partial charge is 0.374 e. The molecule has 6 rings (SSSR count). The zero-order valence-electron chi connectivity index (χ0n) is 23.4. The number of hydrogen-bond acceptors (Lipinski definition) is 9. The number of rotatable bonds is 12. The first-order valence-electron chi connectivity index (χ1n) is 14.1. The van der Waals surface area contributed by atoms with Crippen molar-refractivity contribution in [2.24, 2.45) is 0 Å². The van der Waals surface area contributed by atoms with Crippen LogP contribution in [0.5, 0.6) is 0 Å². The third-order valence-corrected chi connectivity index (χ3v) is 9.22. The normalized spacial score (nSPS) is 23.9.